The molecule has 0 saturated heterocycles. The first kappa shape index (κ1) is 36.0. The molecule has 0 aromatic carbocycles. The SMILES string of the molecule is CC(C)CCCCCCCOC(=O)C(CO)(COP(O)O)C(CCCCCCCC(C)C)OP(O)O. The molecular weight excluding hydrogens is 506 g/mol. The Hall–Kier alpha value is 0.0500. The lowest BCUT2D eigenvalue weighted by Crippen LogP contribution is -2.50. The van der Waals surface area contributed by atoms with E-state index in [4.69, 9.17) is 13.8 Å². The Balaban J connectivity index is 4.99. The molecular formula is C25H52O9P2. The van der Waals surface area contributed by atoms with E-state index in [0.717, 1.165) is 44.9 Å². The first-order valence-electron chi connectivity index (χ1n) is 13.5. The lowest BCUT2D eigenvalue weighted by molar-refractivity contribution is -0.170. The molecule has 11 heteroatoms. The van der Waals surface area contributed by atoms with Crippen molar-refractivity contribution < 1.29 is 43.3 Å². The summed E-state index contributed by atoms with van der Waals surface area (Å²) in [6.07, 6.45) is 11.1. The van der Waals surface area contributed by atoms with Crippen molar-refractivity contribution in [1.29, 1.82) is 0 Å². The van der Waals surface area contributed by atoms with Crippen LogP contribution < -0.4 is 0 Å². The first-order valence-corrected chi connectivity index (χ1v) is 15.8. The highest BCUT2D eigenvalue weighted by Crippen LogP contribution is 2.41. The molecule has 216 valence electrons. The van der Waals surface area contributed by atoms with Crippen LogP contribution in [0.1, 0.15) is 111 Å². The van der Waals surface area contributed by atoms with Gasteiger partial charge in [0.25, 0.3) is 0 Å². The van der Waals surface area contributed by atoms with E-state index in [1.807, 2.05) is 0 Å². The fourth-order valence-corrected chi connectivity index (χ4v) is 5.00. The van der Waals surface area contributed by atoms with Gasteiger partial charge in [-0.1, -0.05) is 98.3 Å². The summed E-state index contributed by atoms with van der Waals surface area (Å²) in [5, 5.41) is 10.2. The Morgan fingerprint density at radius 1 is 0.722 bits per heavy atom. The zero-order valence-corrected chi connectivity index (χ0v) is 24.6. The zero-order valence-electron chi connectivity index (χ0n) is 22.8. The third-order valence-corrected chi connectivity index (χ3v) is 7.17. The lowest BCUT2D eigenvalue weighted by Gasteiger charge is -2.36. The normalized spacial score (nSPS) is 14.7. The number of hydrogen-bond acceptors (Lipinski definition) is 9. The van der Waals surface area contributed by atoms with E-state index in [9.17, 15) is 29.5 Å². The summed E-state index contributed by atoms with van der Waals surface area (Å²) >= 11 is 0. The molecule has 0 spiro atoms. The number of aliphatic hydroxyl groups is 1. The van der Waals surface area contributed by atoms with Crippen LogP contribution in [0.25, 0.3) is 0 Å². The molecule has 9 nitrogen and oxygen atoms in total. The van der Waals surface area contributed by atoms with Crippen LogP contribution in [0, 0.1) is 17.3 Å². The van der Waals surface area contributed by atoms with Crippen molar-refractivity contribution in [2.24, 2.45) is 17.3 Å². The van der Waals surface area contributed by atoms with Crippen molar-refractivity contribution in [1.82, 2.24) is 0 Å². The highest BCUT2D eigenvalue weighted by Gasteiger charge is 2.49. The Morgan fingerprint density at radius 3 is 1.64 bits per heavy atom. The zero-order chi connectivity index (χ0) is 27.4. The molecule has 2 unspecified atom stereocenters. The van der Waals surface area contributed by atoms with Gasteiger partial charge < -0.3 is 38.5 Å². The molecule has 0 bridgehead atoms. The molecule has 0 aromatic rings. The van der Waals surface area contributed by atoms with E-state index >= 15 is 0 Å². The second-order valence-electron chi connectivity index (χ2n) is 10.5. The van der Waals surface area contributed by atoms with Crippen molar-refractivity contribution in [2.75, 3.05) is 19.8 Å². The summed E-state index contributed by atoms with van der Waals surface area (Å²) in [4.78, 5) is 50.8. The number of esters is 1. The molecule has 0 amide bonds. The van der Waals surface area contributed by atoms with Gasteiger partial charge in [0.2, 0.25) is 0 Å². The third kappa shape index (κ3) is 17.5. The maximum Gasteiger partial charge on any atom is 0.327 e. The van der Waals surface area contributed by atoms with E-state index < -0.39 is 47.9 Å². The largest absolute Gasteiger partial charge is 0.465 e. The van der Waals surface area contributed by atoms with Gasteiger partial charge >= 0.3 is 23.2 Å². The minimum absolute atomic E-state index is 0.146. The topological polar surface area (TPSA) is 146 Å². The minimum Gasteiger partial charge on any atom is -0.465 e. The standard InChI is InChI=1S/C25H52O9P2/c1-21(2)15-11-7-5-9-13-17-23(34-36(30)31)25(19-26,20-33-35(28)29)24(27)32-18-14-10-6-8-12-16-22(3)4/h21-23,26,28-31H,5-20H2,1-4H3. The minimum atomic E-state index is -2.82. The first-order chi connectivity index (χ1) is 17.0. The molecule has 0 saturated carbocycles. The van der Waals surface area contributed by atoms with Crippen molar-refractivity contribution >= 4 is 23.2 Å². The summed E-state index contributed by atoms with van der Waals surface area (Å²) in [7, 11) is -5.61. The van der Waals surface area contributed by atoms with Gasteiger partial charge in [0.05, 0.1) is 25.9 Å². The number of unbranched alkanes of at least 4 members (excludes halogenated alkanes) is 8. The highest BCUT2D eigenvalue weighted by molar-refractivity contribution is 7.39. The van der Waals surface area contributed by atoms with E-state index in [1.165, 1.54) is 19.3 Å². The number of ether oxygens (including phenoxy) is 1. The van der Waals surface area contributed by atoms with E-state index in [2.05, 4.69) is 27.7 Å². The molecule has 0 rings (SSSR count). The smallest absolute Gasteiger partial charge is 0.327 e. The molecule has 0 heterocycles. The monoisotopic (exact) mass is 558 g/mol. The van der Waals surface area contributed by atoms with Gasteiger partial charge in [-0.2, -0.15) is 0 Å². The lowest BCUT2D eigenvalue weighted by atomic mass is 9.81. The van der Waals surface area contributed by atoms with Crippen LogP contribution in [-0.2, 0) is 18.6 Å². The maximum absolute atomic E-state index is 13.1. The molecule has 0 fully saturated rings. The number of carbonyl (C=O) groups excluding carboxylic acids is 1. The van der Waals surface area contributed by atoms with Gasteiger partial charge in [0.1, 0.15) is 5.41 Å². The number of rotatable bonds is 24. The van der Waals surface area contributed by atoms with Crippen molar-refractivity contribution in [3.05, 3.63) is 0 Å². The van der Waals surface area contributed by atoms with Crippen molar-refractivity contribution in [3.63, 3.8) is 0 Å². The number of aliphatic hydroxyl groups excluding tert-OH is 1. The highest BCUT2D eigenvalue weighted by atomic mass is 31.2. The van der Waals surface area contributed by atoms with Gasteiger partial charge in [0, 0.05) is 0 Å². The fourth-order valence-electron chi connectivity index (χ4n) is 4.12. The second kappa shape index (κ2) is 21.9. The predicted octanol–water partition coefficient (Wildman–Crippen LogP) is 5.72. The van der Waals surface area contributed by atoms with Crippen LogP contribution in [0.5, 0.6) is 0 Å². The molecule has 0 aliphatic heterocycles. The van der Waals surface area contributed by atoms with Gasteiger partial charge in [-0.3, -0.25) is 4.79 Å². The number of hydrogen-bond donors (Lipinski definition) is 5. The van der Waals surface area contributed by atoms with Crippen LogP contribution in [0.3, 0.4) is 0 Å². The third-order valence-electron chi connectivity index (χ3n) is 6.37. The average Bonchev–Trinajstić information content (AvgIpc) is 2.79. The number of carbonyl (C=O) groups is 1. The van der Waals surface area contributed by atoms with E-state index in [1.54, 1.807) is 0 Å². The Kier molecular flexibility index (Phi) is 22.0. The maximum atomic E-state index is 13.1. The molecule has 0 aliphatic rings. The Bertz CT molecular complexity index is 536. The fraction of sp³-hybridized carbons (Fsp3) is 0.960. The average molecular weight is 559 g/mol. The Morgan fingerprint density at radius 2 is 1.19 bits per heavy atom. The molecule has 0 radical (unpaired) electrons. The van der Waals surface area contributed by atoms with Gasteiger partial charge in [0.15, 0.2) is 0 Å². The molecule has 0 aromatic heterocycles. The van der Waals surface area contributed by atoms with Crippen LogP contribution in [-0.4, -0.2) is 56.6 Å². The summed E-state index contributed by atoms with van der Waals surface area (Å²) in [6.45, 7) is 7.61. The predicted molar refractivity (Wildman–Crippen MR) is 144 cm³/mol. The second-order valence-corrected chi connectivity index (χ2v) is 12.0. The summed E-state index contributed by atoms with van der Waals surface area (Å²) in [5.74, 6) is 0.554. The van der Waals surface area contributed by atoms with Gasteiger partial charge in [-0.25, -0.2) is 0 Å². The quantitative estimate of drug-likeness (QED) is 0.0570. The summed E-state index contributed by atoms with van der Waals surface area (Å²) < 4.78 is 15.7. The Labute approximate surface area is 220 Å². The van der Waals surface area contributed by atoms with Crippen LogP contribution in [0.4, 0.5) is 0 Å². The van der Waals surface area contributed by atoms with E-state index in [0.29, 0.717) is 24.7 Å². The molecule has 0 aliphatic carbocycles. The summed E-state index contributed by atoms with van der Waals surface area (Å²) in [6, 6.07) is 0. The molecule has 5 N–H and O–H groups in total. The van der Waals surface area contributed by atoms with Gasteiger partial charge in [-0.05, 0) is 24.7 Å². The molecule has 36 heavy (non-hydrogen) atoms. The molecule has 2 atom stereocenters. The van der Waals surface area contributed by atoms with Gasteiger partial charge in [-0.15, -0.1) is 0 Å². The van der Waals surface area contributed by atoms with Crippen LogP contribution in [0.2, 0.25) is 0 Å². The van der Waals surface area contributed by atoms with Crippen LogP contribution in [0.15, 0.2) is 0 Å². The van der Waals surface area contributed by atoms with Crippen molar-refractivity contribution in [3.8, 4) is 0 Å². The van der Waals surface area contributed by atoms with E-state index in [-0.39, 0.29) is 13.0 Å². The summed E-state index contributed by atoms with van der Waals surface area (Å²) in [5.41, 5.74) is -1.80. The van der Waals surface area contributed by atoms with Crippen molar-refractivity contribution in [2.45, 2.75) is 117 Å². The van der Waals surface area contributed by atoms with Crippen LogP contribution >= 0.6 is 17.2 Å².